The molecular formula is C8H3ClF3NO. The number of alkyl halides is 2. The Bertz CT molecular complexity index is 389. The molecule has 0 bridgehead atoms. The number of nitriles is 1. The lowest BCUT2D eigenvalue weighted by molar-refractivity contribution is -0.0500. The highest BCUT2D eigenvalue weighted by atomic mass is 35.5. The molecule has 0 saturated carbocycles. The van der Waals surface area contributed by atoms with Crippen LogP contribution in [0.25, 0.3) is 0 Å². The second kappa shape index (κ2) is 4.20. The van der Waals surface area contributed by atoms with E-state index in [0.29, 0.717) is 6.07 Å². The lowest BCUT2D eigenvalue weighted by Gasteiger charge is -2.05. The summed E-state index contributed by atoms with van der Waals surface area (Å²) in [4.78, 5) is 0. The lowest BCUT2D eigenvalue weighted by atomic mass is 10.2. The standard InChI is InChI=1S/C8H3ClF3NO/c9-7-4(3-13)1-5(2-6(7)10)14-8(11)12/h1-2,8H. The maximum absolute atomic E-state index is 12.9. The first-order valence-corrected chi connectivity index (χ1v) is 3.76. The van der Waals surface area contributed by atoms with Gasteiger partial charge in [-0.2, -0.15) is 14.0 Å². The Kier molecular flexibility index (Phi) is 3.20. The van der Waals surface area contributed by atoms with E-state index in [-0.39, 0.29) is 5.56 Å². The minimum Gasteiger partial charge on any atom is -0.435 e. The van der Waals surface area contributed by atoms with E-state index in [1.807, 2.05) is 0 Å². The first-order valence-electron chi connectivity index (χ1n) is 3.38. The molecule has 0 aliphatic heterocycles. The molecule has 0 N–H and O–H groups in total. The fraction of sp³-hybridized carbons (Fsp3) is 0.125. The van der Waals surface area contributed by atoms with Crippen molar-refractivity contribution in [2.75, 3.05) is 0 Å². The summed E-state index contributed by atoms with van der Waals surface area (Å²) in [6.07, 6.45) is 0. The lowest BCUT2D eigenvalue weighted by Crippen LogP contribution is -2.02. The molecule has 14 heavy (non-hydrogen) atoms. The maximum atomic E-state index is 12.9. The molecule has 0 spiro atoms. The van der Waals surface area contributed by atoms with E-state index in [1.165, 1.54) is 0 Å². The van der Waals surface area contributed by atoms with Crippen molar-refractivity contribution >= 4 is 11.6 Å². The van der Waals surface area contributed by atoms with Crippen molar-refractivity contribution in [3.63, 3.8) is 0 Å². The van der Waals surface area contributed by atoms with Crippen LogP contribution in [0, 0.1) is 17.1 Å². The SMILES string of the molecule is N#Cc1cc(OC(F)F)cc(F)c1Cl. The van der Waals surface area contributed by atoms with Crippen LogP contribution in [0.15, 0.2) is 12.1 Å². The monoisotopic (exact) mass is 221 g/mol. The molecule has 0 fully saturated rings. The molecule has 0 aromatic heterocycles. The number of halogens is 4. The van der Waals surface area contributed by atoms with Crippen molar-refractivity contribution in [2.45, 2.75) is 6.61 Å². The van der Waals surface area contributed by atoms with E-state index in [9.17, 15) is 13.2 Å². The van der Waals surface area contributed by atoms with Crippen LogP contribution < -0.4 is 4.74 Å². The Hall–Kier alpha value is -1.41. The summed E-state index contributed by atoms with van der Waals surface area (Å²) >= 11 is 5.36. The second-order valence-corrected chi connectivity index (χ2v) is 2.63. The van der Waals surface area contributed by atoms with Gasteiger partial charge in [0.25, 0.3) is 0 Å². The van der Waals surface area contributed by atoms with Gasteiger partial charge in [0.1, 0.15) is 17.6 Å². The van der Waals surface area contributed by atoms with Crippen molar-refractivity contribution in [2.24, 2.45) is 0 Å². The zero-order valence-electron chi connectivity index (χ0n) is 6.60. The number of benzene rings is 1. The molecule has 0 atom stereocenters. The Labute approximate surface area is 82.5 Å². The van der Waals surface area contributed by atoms with E-state index in [0.717, 1.165) is 6.07 Å². The number of hydrogen-bond donors (Lipinski definition) is 0. The van der Waals surface area contributed by atoms with Crippen LogP contribution in [0.3, 0.4) is 0 Å². The topological polar surface area (TPSA) is 33.0 Å². The molecule has 0 radical (unpaired) electrons. The summed E-state index contributed by atoms with van der Waals surface area (Å²) in [5.41, 5.74) is -0.248. The molecule has 1 aromatic carbocycles. The van der Waals surface area contributed by atoms with Gasteiger partial charge in [0.15, 0.2) is 0 Å². The Balaban J connectivity index is 3.11. The van der Waals surface area contributed by atoms with Crippen molar-refractivity contribution in [1.29, 1.82) is 5.26 Å². The molecular weight excluding hydrogens is 219 g/mol. The van der Waals surface area contributed by atoms with Gasteiger partial charge in [-0.1, -0.05) is 11.6 Å². The van der Waals surface area contributed by atoms with E-state index < -0.39 is 23.2 Å². The molecule has 74 valence electrons. The highest BCUT2D eigenvalue weighted by Crippen LogP contribution is 2.26. The van der Waals surface area contributed by atoms with E-state index in [2.05, 4.69) is 4.74 Å². The summed E-state index contributed by atoms with van der Waals surface area (Å²) in [6, 6.07) is 3.18. The van der Waals surface area contributed by atoms with Gasteiger partial charge in [0.2, 0.25) is 0 Å². The third-order valence-electron chi connectivity index (χ3n) is 1.35. The average Bonchev–Trinajstić information content (AvgIpc) is 2.10. The minimum atomic E-state index is -3.07. The predicted molar refractivity (Wildman–Crippen MR) is 42.8 cm³/mol. The Morgan fingerprint density at radius 3 is 2.57 bits per heavy atom. The first kappa shape index (κ1) is 10.7. The second-order valence-electron chi connectivity index (χ2n) is 2.26. The number of ether oxygens (including phenoxy) is 1. The van der Waals surface area contributed by atoms with Crippen molar-refractivity contribution in [3.8, 4) is 11.8 Å². The minimum absolute atomic E-state index is 0.248. The Morgan fingerprint density at radius 1 is 1.43 bits per heavy atom. The molecule has 6 heteroatoms. The van der Waals surface area contributed by atoms with Crippen LogP contribution >= 0.6 is 11.6 Å². The van der Waals surface area contributed by atoms with E-state index >= 15 is 0 Å². The van der Waals surface area contributed by atoms with Crippen molar-refractivity contribution in [3.05, 3.63) is 28.5 Å². The molecule has 0 heterocycles. The van der Waals surface area contributed by atoms with Gasteiger partial charge in [-0.15, -0.1) is 0 Å². The normalized spacial score (nSPS) is 10.0. The molecule has 0 unspecified atom stereocenters. The fourth-order valence-electron chi connectivity index (χ4n) is 0.816. The predicted octanol–water partition coefficient (Wildman–Crippen LogP) is 2.95. The Morgan fingerprint density at radius 2 is 2.07 bits per heavy atom. The zero-order chi connectivity index (χ0) is 10.7. The van der Waals surface area contributed by atoms with Crippen LogP contribution in [0.5, 0.6) is 5.75 Å². The molecule has 2 nitrogen and oxygen atoms in total. The van der Waals surface area contributed by atoms with Gasteiger partial charge in [-0.05, 0) is 6.07 Å². The number of hydrogen-bond acceptors (Lipinski definition) is 2. The summed E-state index contributed by atoms with van der Waals surface area (Å²) in [5, 5.41) is 8.05. The average molecular weight is 222 g/mol. The third-order valence-corrected chi connectivity index (χ3v) is 1.73. The smallest absolute Gasteiger partial charge is 0.387 e. The summed E-state index contributed by atoms with van der Waals surface area (Å²) < 4.78 is 40.2. The van der Waals surface area contributed by atoms with Gasteiger partial charge in [0.05, 0.1) is 10.6 Å². The highest BCUT2D eigenvalue weighted by molar-refractivity contribution is 6.31. The third kappa shape index (κ3) is 2.30. The molecule has 0 amide bonds. The van der Waals surface area contributed by atoms with Gasteiger partial charge >= 0.3 is 6.61 Å². The van der Waals surface area contributed by atoms with Crippen molar-refractivity contribution < 1.29 is 17.9 Å². The fourth-order valence-corrected chi connectivity index (χ4v) is 0.968. The summed E-state index contributed by atoms with van der Waals surface area (Å²) in [5.74, 6) is -1.40. The van der Waals surface area contributed by atoms with E-state index in [1.54, 1.807) is 6.07 Å². The number of rotatable bonds is 2. The van der Waals surface area contributed by atoms with Crippen LogP contribution in [0.1, 0.15) is 5.56 Å². The largest absolute Gasteiger partial charge is 0.435 e. The van der Waals surface area contributed by atoms with Gasteiger partial charge < -0.3 is 4.74 Å². The zero-order valence-corrected chi connectivity index (χ0v) is 7.36. The summed E-state index contributed by atoms with van der Waals surface area (Å²) in [6.45, 7) is -3.07. The quantitative estimate of drug-likeness (QED) is 0.769. The van der Waals surface area contributed by atoms with Gasteiger partial charge in [-0.3, -0.25) is 0 Å². The molecule has 1 aromatic rings. The highest BCUT2D eigenvalue weighted by Gasteiger charge is 2.12. The van der Waals surface area contributed by atoms with Crippen LogP contribution in [0.2, 0.25) is 5.02 Å². The van der Waals surface area contributed by atoms with E-state index in [4.69, 9.17) is 16.9 Å². The number of nitrogens with zero attached hydrogens (tertiary/aromatic N) is 1. The van der Waals surface area contributed by atoms with Gasteiger partial charge in [-0.25, -0.2) is 4.39 Å². The van der Waals surface area contributed by atoms with Crippen LogP contribution in [0.4, 0.5) is 13.2 Å². The van der Waals surface area contributed by atoms with Gasteiger partial charge in [0, 0.05) is 6.07 Å². The maximum Gasteiger partial charge on any atom is 0.387 e. The van der Waals surface area contributed by atoms with Crippen molar-refractivity contribution in [1.82, 2.24) is 0 Å². The molecule has 0 aliphatic rings. The first-order chi connectivity index (χ1) is 6.54. The van der Waals surface area contributed by atoms with Crippen LogP contribution in [-0.2, 0) is 0 Å². The molecule has 0 saturated heterocycles. The molecule has 0 aliphatic carbocycles. The van der Waals surface area contributed by atoms with Crippen LogP contribution in [-0.4, -0.2) is 6.61 Å². The molecule has 1 rings (SSSR count). The summed E-state index contributed by atoms with van der Waals surface area (Å²) in [7, 11) is 0.